The summed E-state index contributed by atoms with van der Waals surface area (Å²) in [5.74, 6) is 0.941. The lowest BCUT2D eigenvalue weighted by atomic mass is 9.84. The molecule has 0 amide bonds. The first kappa shape index (κ1) is 13.6. The van der Waals surface area contributed by atoms with Crippen molar-refractivity contribution in [3.63, 3.8) is 0 Å². The van der Waals surface area contributed by atoms with Crippen molar-refractivity contribution in [2.75, 3.05) is 7.11 Å². The molecule has 0 heterocycles. The molecule has 0 aliphatic carbocycles. The second-order valence-electron chi connectivity index (χ2n) is 5.21. The van der Waals surface area contributed by atoms with Crippen molar-refractivity contribution in [1.29, 1.82) is 0 Å². The molecule has 0 spiro atoms. The van der Waals surface area contributed by atoms with Crippen LogP contribution < -0.4 is 4.74 Å². The van der Waals surface area contributed by atoms with E-state index in [1.807, 2.05) is 6.08 Å². The van der Waals surface area contributed by atoms with Crippen LogP contribution in [0.1, 0.15) is 44.4 Å². The first-order chi connectivity index (χ1) is 7.93. The SMILES string of the molecule is C=C=Cc1cc(C(C)(C)C)cc(CC)c1OC. The fraction of sp³-hybridized carbons (Fsp3) is 0.438. The van der Waals surface area contributed by atoms with Gasteiger partial charge in [0.15, 0.2) is 0 Å². The fourth-order valence-electron chi connectivity index (χ4n) is 1.88. The van der Waals surface area contributed by atoms with Crippen LogP contribution in [0.4, 0.5) is 0 Å². The molecule has 0 bridgehead atoms. The highest BCUT2D eigenvalue weighted by Gasteiger charge is 2.17. The van der Waals surface area contributed by atoms with Gasteiger partial charge in [-0.15, -0.1) is 5.73 Å². The highest BCUT2D eigenvalue weighted by molar-refractivity contribution is 5.61. The molecule has 0 atom stereocenters. The largest absolute Gasteiger partial charge is 0.496 e. The molecule has 92 valence electrons. The fourth-order valence-corrected chi connectivity index (χ4v) is 1.88. The summed E-state index contributed by atoms with van der Waals surface area (Å²) in [5, 5.41) is 0. The lowest BCUT2D eigenvalue weighted by Gasteiger charge is -2.22. The molecular formula is C16H22O. The van der Waals surface area contributed by atoms with E-state index in [-0.39, 0.29) is 5.41 Å². The lowest BCUT2D eigenvalue weighted by Crippen LogP contribution is -2.12. The molecule has 0 aromatic heterocycles. The van der Waals surface area contributed by atoms with Gasteiger partial charge in [0.05, 0.1) is 7.11 Å². The van der Waals surface area contributed by atoms with E-state index in [2.05, 4.69) is 52.1 Å². The van der Waals surface area contributed by atoms with Gasteiger partial charge in [-0.05, 0) is 35.1 Å². The van der Waals surface area contributed by atoms with Gasteiger partial charge in [-0.2, -0.15) is 0 Å². The lowest BCUT2D eigenvalue weighted by molar-refractivity contribution is 0.408. The van der Waals surface area contributed by atoms with Gasteiger partial charge in [0.2, 0.25) is 0 Å². The van der Waals surface area contributed by atoms with Crippen LogP contribution in [-0.2, 0) is 11.8 Å². The second-order valence-corrected chi connectivity index (χ2v) is 5.21. The third-order valence-electron chi connectivity index (χ3n) is 2.90. The van der Waals surface area contributed by atoms with Gasteiger partial charge in [-0.25, -0.2) is 0 Å². The molecule has 0 unspecified atom stereocenters. The van der Waals surface area contributed by atoms with Crippen LogP contribution in [0, 0.1) is 0 Å². The summed E-state index contributed by atoms with van der Waals surface area (Å²) in [5.41, 5.74) is 6.59. The van der Waals surface area contributed by atoms with E-state index in [1.54, 1.807) is 7.11 Å². The summed E-state index contributed by atoms with van der Waals surface area (Å²) in [6.45, 7) is 12.4. The molecule has 1 rings (SSSR count). The maximum absolute atomic E-state index is 5.49. The topological polar surface area (TPSA) is 9.23 Å². The average molecular weight is 230 g/mol. The van der Waals surface area contributed by atoms with E-state index in [0.717, 1.165) is 17.7 Å². The predicted molar refractivity (Wildman–Crippen MR) is 74.7 cm³/mol. The zero-order chi connectivity index (χ0) is 13.1. The van der Waals surface area contributed by atoms with Crippen molar-refractivity contribution >= 4 is 6.08 Å². The van der Waals surface area contributed by atoms with Crippen LogP contribution in [0.15, 0.2) is 24.4 Å². The zero-order valence-corrected chi connectivity index (χ0v) is 11.6. The van der Waals surface area contributed by atoms with E-state index in [4.69, 9.17) is 4.74 Å². The molecule has 1 aromatic carbocycles. The summed E-state index contributed by atoms with van der Waals surface area (Å²) in [6, 6.07) is 4.40. The summed E-state index contributed by atoms with van der Waals surface area (Å²) in [7, 11) is 1.71. The molecule has 1 aromatic rings. The van der Waals surface area contributed by atoms with Gasteiger partial charge in [-0.1, -0.05) is 40.3 Å². The first-order valence-electron chi connectivity index (χ1n) is 6.01. The molecule has 0 aliphatic rings. The van der Waals surface area contributed by atoms with Gasteiger partial charge in [0.1, 0.15) is 5.75 Å². The summed E-state index contributed by atoms with van der Waals surface area (Å²) in [4.78, 5) is 0. The van der Waals surface area contributed by atoms with Crippen LogP contribution in [0.25, 0.3) is 6.08 Å². The molecule has 0 saturated carbocycles. The smallest absolute Gasteiger partial charge is 0.129 e. The maximum atomic E-state index is 5.49. The Morgan fingerprint density at radius 1 is 1.35 bits per heavy atom. The minimum Gasteiger partial charge on any atom is -0.496 e. The number of benzene rings is 1. The van der Waals surface area contributed by atoms with Crippen molar-refractivity contribution in [3.8, 4) is 5.75 Å². The van der Waals surface area contributed by atoms with Crippen LogP contribution >= 0.6 is 0 Å². The maximum Gasteiger partial charge on any atom is 0.129 e. The van der Waals surface area contributed by atoms with Gasteiger partial charge in [-0.3, -0.25) is 0 Å². The van der Waals surface area contributed by atoms with Crippen molar-refractivity contribution in [3.05, 3.63) is 41.1 Å². The Labute approximate surface area is 105 Å². The Balaban J connectivity index is 3.50. The summed E-state index contributed by atoms with van der Waals surface area (Å²) < 4.78 is 5.49. The van der Waals surface area contributed by atoms with Crippen LogP contribution in [-0.4, -0.2) is 7.11 Å². The molecule has 0 fully saturated rings. The highest BCUT2D eigenvalue weighted by Crippen LogP contribution is 2.32. The standard InChI is InChI=1S/C16H22O/c1-7-9-13-11-14(16(3,4)5)10-12(8-2)15(13)17-6/h9-11H,1,8H2,2-6H3. The molecule has 0 N–H and O–H groups in total. The first-order valence-corrected chi connectivity index (χ1v) is 6.01. The molecule has 1 nitrogen and oxygen atoms in total. The molecule has 0 saturated heterocycles. The van der Waals surface area contributed by atoms with Crippen LogP contribution in [0.2, 0.25) is 0 Å². The zero-order valence-electron chi connectivity index (χ0n) is 11.6. The van der Waals surface area contributed by atoms with Crippen molar-refractivity contribution in [2.45, 2.75) is 39.5 Å². The van der Waals surface area contributed by atoms with Crippen molar-refractivity contribution < 1.29 is 4.74 Å². The van der Waals surface area contributed by atoms with Crippen LogP contribution in [0.3, 0.4) is 0 Å². The predicted octanol–water partition coefficient (Wildman–Crippen LogP) is 4.35. The highest BCUT2D eigenvalue weighted by atomic mass is 16.5. The number of ether oxygens (including phenoxy) is 1. The third-order valence-corrected chi connectivity index (χ3v) is 2.90. The second kappa shape index (κ2) is 5.25. The van der Waals surface area contributed by atoms with E-state index in [9.17, 15) is 0 Å². The monoisotopic (exact) mass is 230 g/mol. The Morgan fingerprint density at radius 3 is 2.41 bits per heavy atom. The number of hydrogen-bond acceptors (Lipinski definition) is 1. The van der Waals surface area contributed by atoms with Gasteiger partial charge >= 0.3 is 0 Å². The number of aryl methyl sites for hydroxylation is 1. The van der Waals surface area contributed by atoms with Crippen LogP contribution in [0.5, 0.6) is 5.75 Å². The number of rotatable bonds is 3. The normalized spacial score (nSPS) is 10.9. The Morgan fingerprint density at radius 2 is 2.00 bits per heavy atom. The minimum atomic E-state index is 0.139. The Kier molecular flexibility index (Phi) is 4.20. The molecule has 0 radical (unpaired) electrons. The van der Waals surface area contributed by atoms with E-state index in [0.29, 0.717) is 0 Å². The number of methoxy groups -OCH3 is 1. The summed E-state index contributed by atoms with van der Waals surface area (Å²) in [6.07, 6.45) is 2.85. The molecular weight excluding hydrogens is 208 g/mol. The third kappa shape index (κ3) is 3.01. The van der Waals surface area contributed by atoms with Crippen molar-refractivity contribution in [1.82, 2.24) is 0 Å². The number of hydrogen-bond donors (Lipinski definition) is 0. The Hall–Kier alpha value is -1.46. The van der Waals surface area contributed by atoms with E-state index < -0.39 is 0 Å². The van der Waals surface area contributed by atoms with Gasteiger partial charge in [0.25, 0.3) is 0 Å². The van der Waals surface area contributed by atoms with Gasteiger partial charge < -0.3 is 4.74 Å². The minimum absolute atomic E-state index is 0.139. The van der Waals surface area contributed by atoms with Crippen molar-refractivity contribution in [2.24, 2.45) is 0 Å². The average Bonchev–Trinajstić information content (AvgIpc) is 2.27. The van der Waals surface area contributed by atoms with E-state index >= 15 is 0 Å². The molecule has 1 heteroatoms. The molecule has 17 heavy (non-hydrogen) atoms. The molecule has 0 aliphatic heterocycles. The summed E-state index contributed by atoms with van der Waals surface area (Å²) >= 11 is 0. The van der Waals surface area contributed by atoms with Gasteiger partial charge in [0, 0.05) is 5.56 Å². The van der Waals surface area contributed by atoms with E-state index in [1.165, 1.54) is 11.1 Å². The quantitative estimate of drug-likeness (QED) is 0.701. The Bertz CT molecular complexity index is 443.